The van der Waals surface area contributed by atoms with Gasteiger partial charge in [-0.3, -0.25) is 4.79 Å². The van der Waals surface area contributed by atoms with Crippen molar-refractivity contribution in [1.29, 1.82) is 0 Å². The minimum absolute atomic E-state index is 0.0225. The molecule has 1 radical (unpaired) electrons. The first-order chi connectivity index (χ1) is 8.18. The van der Waals surface area contributed by atoms with Crippen molar-refractivity contribution in [1.82, 2.24) is 4.90 Å². The first-order valence-electron chi connectivity index (χ1n) is 5.71. The summed E-state index contributed by atoms with van der Waals surface area (Å²) in [6.45, 7) is 1.61. The number of nitrogens with two attached hydrogens (primary N) is 1. The fourth-order valence-electron chi connectivity index (χ4n) is 1.95. The lowest BCUT2D eigenvalue weighted by Gasteiger charge is -2.26. The van der Waals surface area contributed by atoms with Gasteiger partial charge in [0.1, 0.15) is 0 Å². The minimum atomic E-state index is -0.0225. The van der Waals surface area contributed by atoms with Gasteiger partial charge in [-0.05, 0) is 25.3 Å². The molecule has 0 aromatic heterocycles. The van der Waals surface area contributed by atoms with E-state index in [1.807, 2.05) is 4.90 Å². The van der Waals surface area contributed by atoms with Gasteiger partial charge in [-0.15, -0.1) is 0 Å². The Hall–Kier alpha value is -1.91. The van der Waals surface area contributed by atoms with Crippen LogP contribution in [0, 0.1) is 11.0 Å². The molecule has 5 nitrogen and oxygen atoms in total. The third kappa shape index (κ3) is 2.61. The quantitative estimate of drug-likeness (QED) is 0.477. The van der Waals surface area contributed by atoms with Crippen LogP contribution in [0.3, 0.4) is 0 Å². The summed E-state index contributed by atoms with van der Waals surface area (Å²) in [5.74, 6) is 5.02. The number of carbonyl (C=O) groups excluding carboxylic acids is 1. The molecule has 89 valence electrons. The molecule has 2 rings (SSSR count). The number of amides is 1. The second-order valence-electron chi connectivity index (χ2n) is 4.14. The summed E-state index contributed by atoms with van der Waals surface area (Å²) in [5, 5.41) is 0. The SMILES string of the molecule is N[N+](=O)c1c[c]c(C(=O)N2CCCCC2)cc1. The molecule has 1 aliphatic rings. The molecule has 0 unspecified atom stereocenters. The fraction of sp³-hybridized carbons (Fsp3) is 0.417. The lowest BCUT2D eigenvalue weighted by molar-refractivity contribution is -0.474. The number of rotatable bonds is 2. The Morgan fingerprint density at radius 3 is 2.53 bits per heavy atom. The third-order valence-corrected chi connectivity index (χ3v) is 2.92. The van der Waals surface area contributed by atoms with Crippen LogP contribution in [-0.4, -0.2) is 28.8 Å². The molecule has 1 heterocycles. The van der Waals surface area contributed by atoms with Gasteiger partial charge in [-0.25, -0.2) is 0 Å². The summed E-state index contributed by atoms with van der Waals surface area (Å²) in [6.07, 6.45) is 3.30. The highest BCUT2D eigenvalue weighted by atomic mass is 16.3. The summed E-state index contributed by atoms with van der Waals surface area (Å²) < 4.78 is 0. The zero-order chi connectivity index (χ0) is 12.3. The summed E-state index contributed by atoms with van der Waals surface area (Å²) in [5.41, 5.74) is 0.776. The van der Waals surface area contributed by atoms with E-state index < -0.39 is 0 Å². The van der Waals surface area contributed by atoms with Crippen LogP contribution >= 0.6 is 0 Å². The Morgan fingerprint density at radius 1 is 1.29 bits per heavy atom. The average molecular weight is 233 g/mol. The Morgan fingerprint density at radius 2 is 2.00 bits per heavy atom. The monoisotopic (exact) mass is 233 g/mol. The second kappa shape index (κ2) is 4.95. The van der Waals surface area contributed by atoms with Crippen LogP contribution in [0.25, 0.3) is 0 Å². The zero-order valence-electron chi connectivity index (χ0n) is 9.56. The maximum Gasteiger partial charge on any atom is 0.292 e. The summed E-state index contributed by atoms with van der Waals surface area (Å²) >= 11 is 0. The van der Waals surface area contributed by atoms with Crippen molar-refractivity contribution in [3.05, 3.63) is 34.7 Å². The molecule has 0 aliphatic carbocycles. The van der Waals surface area contributed by atoms with E-state index in [4.69, 9.17) is 5.84 Å². The number of nitroso groups, excluding NO2 is 1. The number of hydrogen-bond acceptors (Lipinski definition) is 2. The van der Waals surface area contributed by atoms with Gasteiger partial charge < -0.3 is 4.90 Å². The van der Waals surface area contributed by atoms with Crippen molar-refractivity contribution in [3.63, 3.8) is 0 Å². The maximum absolute atomic E-state index is 12.1. The Kier molecular flexibility index (Phi) is 3.37. The summed E-state index contributed by atoms with van der Waals surface area (Å²) in [4.78, 5) is 24.9. The van der Waals surface area contributed by atoms with Crippen molar-refractivity contribution < 1.29 is 9.66 Å². The van der Waals surface area contributed by atoms with Crippen LogP contribution < -0.4 is 5.84 Å². The maximum atomic E-state index is 12.1. The van der Waals surface area contributed by atoms with Gasteiger partial charge in [-0.1, -0.05) is 0 Å². The minimum Gasteiger partial charge on any atom is -0.339 e. The van der Waals surface area contributed by atoms with Crippen LogP contribution in [-0.2, 0) is 0 Å². The van der Waals surface area contributed by atoms with E-state index in [-0.39, 0.29) is 10.8 Å². The fourth-order valence-corrected chi connectivity index (χ4v) is 1.95. The molecular formula is C12H15N3O2+. The van der Waals surface area contributed by atoms with Gasteiger partial charge in [-0.2, -0.15) is 5.84 Å². The van der Waals surface area contributed by atoms with Crippen LogP contribution in [0.5, 0.6) is 0 Å². The third-order valence-electron chi connectivity index (χ3n) is 2.92. The summed E-state index contributed by atoms with van der Waals surface area (Å²) in [6, 6.07) is 7.35. The first kappa shape index (κ1) is 11.6. The topological polar surface area (TPSA) is 66.4 Å². The van der Waals surface area contributed by atoms with E-state index in [0.29, 0.717) is 11.3 Å². The van der Waals surface area contributed by atoms with Crippen LogP contribution in [0.2, 0.25) is 0 Å². The van der Waals surface area contributed by atoms with Gasteiger partial charge in [0.25, 0.3) is 11.6 Å². The molecule has 0 bridgehead atoms. The number of piperidine rings is 1. The lowest BCUT2D eigenvalue weighted by atomic mass is 10.1. The van der Waals surface area contributed by atoms with Crippen LogP contribution in [0.4, 0.5) is 5.69 Å². The van der Waals surface area contributed by atoms with Crippen molar-refractivity contribution in [3.8, 4) is 0 Å². The van der Waals surface area contributed by atoms with Crippen molar-refractivity contribution in [2.24, 2.45) is 5.84 Å². The lowest BCUT2D eigenvalue weighted by Crippen LogP contribution is -2.35. The van der Waals surface area contributed by atoms with E-state index in [1.54, 1.807) is 6.07 Å². The van der Waals surface area contributed by atoms with Gasteiger partial charge in [0.05, 0.1) is 4.91 Å². The number of hydrogen-bond donors (Lipinski definition) is 1. The Labute approximate surface area is 99.8 Å². The van der Waals surface area contributed by atoms with E-state index >= 15 is 0 Å². The molecule has 1 amide bonds. The zero-order valence-corrected chi connectivity index (χ0v) is 9.56. The predicted octanol–water partition coefficient (Wildman–Crippen LogP) is 1.40. The molecular weight excluding hydrogens is 218 g/mol. The number of hydrazine groups is 1. The normalized spacial score (nSPS) is 15.6. The first-order valence-corrected chi connectivity index (χ1v) is 5.71. The van der Waals surface area contributed by atoms with Crippen LogP contribution in [0.15, 0.2) is 18.2 Å². The highest BCUT2D eigenvalue weighted by Crippen LogP contribution is 2.15. The molecule has 0 atom stereocenters. The molecule has 1 aromatic rings. The van der Waals surface area contributed by atoms with Gasteiger partial charge in [0.15, 0.2) is 4.87 Å². The molecule has 5 heteroatoms. The number of likely N-dealkylation sites (tertiary alicyclic amines) is 1. The number of carbonyl (C=O) groups is 1. The number of benzene rings is 1. The molecule has 2 N–H and O–H groups in total. The summed E-state index contributed by atoms with van der Waals surface area (Å²) in [7, 11) is 0. The van der Waals surface area contributed by atoms with Crippen molar-refractivity contribution in [2.45, 2.75) is 19.3 Å². The van der Waals surface area contributed by atoms with Gasteiger partial charge in [0, 0.05) is 36.9 Å². The standard InChI is InChI=1S/C12H15N3O2/c13-15(17)11-6-4-10(5-7-11)12(16)14-8-2-1-3-9-14/h4,6-7H,1-3,8-9H2,(H2,13,17)/q+1. The molecule has 1 saturated heterocycles. The van der Waals surface area contributed by atoms with Crippen molar-refractivity contribution in [2.75, 3.05) is 13.1 Å². The molecule has 1 aliphatic heterocycles. The highest BCUT2D eigenvalue weighted by Gasteiger charge is 2.19. The van der Waals surface area contributed by atoms with Gasteiger partial charge >= 0.3 is 0 Å². The molecule has 1 aromatic carbocycles. The van der Waals surface area contributed by atoms with Gasteiger partial charge in [0.2, 0.25) is 0 Å². The second-order valence-corrected chi connectivity index (χ2v) is 4.14. The smallest absolute Gasteiger partial charge is 0.292 e. The molecule has 0 saturated carbocycles. The predicted molar refractivity (Wildman–Crippen MR) is 62.5 cm³/mol. The molecule has 17 heavy (non-hydrogen) atoms. The number of nitrogens with zero attached hydrogens (tertiary/aromatic N) is 2. The molecule has 0 spiro atoms. The van der Waals surface area contributed by atoms with E-state index in [2.05, 4.69) is 6.07 Å². The largest absolute Gasteiger partial charge is 0.339 e. The average Bonchev–Trinajstić information content (AvgIpc) is 2.39. The van der Waals surface area contributed by atoms with Crippen LogP contribution in [0.1, 0.15) is 29.6 Å². The Balaban J connectivity index is 2.10. The molecule has 1 fully saturated rings. The van der Waals surface area contributed by atoms with E-state index in [9.17, 15) is 9.70 Å². The van der Waals surface area contributed by atoms with E-state index in [1.165, 1.54) is 18.6 Å². The highest BCUT2D eigenvalue weighted by molar-refractivity contribution is 5.94. The van der Waals surface area contributed by atoms with E-state index in [0.717, 1.165) is 25.9 Å². The van der Waals surface area contributed by atoms with Crippen molar-refractivity contribution >= 4 is 11.6 Å². The Bertz CT molecular complexity index is 422.